The van der Waals surface area contributed by atoms with Crippen molar-refractivity contribution in [2.45, 2.75) is 59.8 Å². The molecule has 2 N–H and O–H groups in total. The molecule has 27 heavy (non-hydrogen) atoms. The van der Waals surface area contributed by atoms with Gasteiger partial charge in [0, 0.05) is 28.7 Å². The lowest BCUT2D eigenvalue weighted by Crippen LogP contribution is -2.02. The highest BCUT2D eigenvalue weighted by atomic mass is 16.5. The van der Waals surface area contributed by atoms with E-state index in [-0.39, 0.29) is 23.3 Å². The van der Waals surface area contributed by atoms with E-state index in [1.54, 1.807) is 0 Å². The summed E-state index contributed by atoms with van der Waals surface area (Å²) in [5, 5.41) is 21.6. The molecule has 0 amide bonds. The molecule has 0 aliphatic rings. The third-order valence-corrected chi connectivity index (χ3v) is 4.63. The molecule has 0 aromatic heterocycles. The Balaban J connectivity index is 2.55. The molecular formula is C23H32O4. The summed E-state index contributed by atoms with van der Waals surface area (Å²) in [7, 11) is 0. The van der Waals surface area contributed by atoms with E-state index in [1.807, 2.05) is 65.8 Å². The molecule has 0 aliphatic carbocycles. The normalized spacial score (nSPS) is 11.3. The first-order chi connectivity index (χ1) is 12.8. The second kappa shape index (κ2) is 9.03. The molecule has 4 nitrogen and oxygen atoms in total. The summed E-state index contributed by atoms with van der Waals surface area (Å²) in [6, 6.07) is 7.49. The number of benzene rings is 2. The fraction of sp³-hybridized carbons (Fsp3) is 0.478. The van der Waals surface area contributed by atoms with Gasteiger partial charge in [-0.25, -0.2) is 0 Å². The molecule has 4 heteroatoms. The fourth-order valence-electron chi connectivity index (χ4n) is 3.23. The number of hydrogen-bond donors (Lipinski definition) is 2. The third kappa shape index (κ3) is 4.88. The predicted molar refractivity (Wildman–Crippen MR) is 110 cm³/mol. The summed E-state index contributed by atoms with van der Waals surface area (Å²) < 4.78 is 11.4. The van der Waals surface area contributed by atoms with Gasteiger partial charge in [0.25, 0.3) is 0 Å². The van der Waals surface area contributed by atoms with Crippen molar-refractivity contribution >= 4 is 0 Å². The maximum Gasteiger partial charge on any atom is 0.122 e. The number of rotatable bonds is 8. The highest BCUT2D eigenvalue weighted by molar-refractivity contribution is 5.54. The number of phenols is 2. The van der Waals surface area contributed by atoms with Gasteiger partial charge in [-0.1, -0.05) is 27.7 Å². The van der Waals surface area contributed by atoms with Gasteiger partial charge in [0.1, 0.15) is 23.0 Å². The number of aromatic hydroxyl groups is 2. The van der Waals surface area contributed by atoms with Crippen molar-refractivity contribution in [3.05, 3.63) is 46.5 Å². The minimum Gasteiger partial charge on any atom is -0.507 e. The van der Waals surface area contributed by atoms with Crippen molar-refractivity contribution in [1.29, 1.82) is 0 Å². The van der Waals surface area contributed by atoms with Crippen LogP contribution in [-0.4, -0.2) is 23.4 Å². The maximum atomic E-state index is 10.8. The zero-order chi connectivity index (χ0) is 20.1. The van der Waals surface area contributed by atoms with Crippen LogP contribution in [-0.2, 0) is 6.42 Å². The minimum atomic E-state index is 0.165. The maximum absolute atomic E-state index is 10.8. The average molecular weight is 373 g/mol. The number of phenolic OH excluding ortho intramolecular Hbond substituents is 2. The number of ether oxygens (including phenoxy) is 2. The van der Waals surface area contributed by atoms with Crippen molar-refractivity contribution in [1.82, 2.24) is 0 Å². The van der Waals surface area contributed by atoms with E-state index in [9.17, 15) is 10.2 Å². The summed E-state index contributed by atoms with van der Waals surface area (Å²) in [6.45, 7) is 13.2. The molecule has 0 fully saturated rings. The first kappa shape index (κ1) is 20.9. The van der Waals surface area contributed by atoms with E-state index >= 15 is 0 Å². The summed E-state index contributed by atoms with van der Waals surface area (Å²) in [6.07, 6.45) is 0.402. The SMILES string of the molecule is CCOc1cc(Cc2cc(OCC)cc(C(C)C)c2O)c(O)c(C(C)C)c1. The molecule has 0 saturated carbocycles. The lowest BCUT2D eigenvalue weighted by Gasteiger charge is -2.18. The van der Waals surface area contributed by atoms with Crippen LogP contribution in [0.4, 0.5) is 0 Å². The van der Waals surface area contributed by atoms with Gasteiger partial charge in [-0.2, -0.15) is 0 Å². The first-order valence-electron chi connectivity index (χ1n) is 9.75. The largest absolute Gasteiger partial charge is 0.507 e. The Morgan fingerprint density at radius 3 is 1.37 bits per heavy atom. The topological polar surface area (TPSA) is 58.9 Å². The molecule has 0 aliphatic heterocycles. The minimum absolute atomic E-state index is 0.165. The molecule has 2 rings (SSSR count). The standard InChI is InChI=1S/C23H32O4/c1-7-26-18-10-16(22(24)20(12-18)14(3)4)9-17-11-19(27-8-2)13-21(15(5)6)23(17)25/h10-15,24-25H,7-9H2,1-6H3. The zero-order valence-electron chi connectivity index (χ0n) is 17.3. The smallest absolute Gasteiger partial charge is 0.122 e. The highest BCUT2D eigenvalue weighted by Gasteiger charge is 2.18. The Morgan fingerprint density at radius 2 is 1.07 bits per heavy atom. The molecule has 0 unspecified atom stereocenters. The second-order valence-electron chi connectivity index (χ2n) is 7.39. The molecule has 0 saturated heterocycles. The van der Waals surface area contributed by atoms with Crippen molar-refractivity contribution in [2.24, 2.45) is 0 Å². The van der Waals surface area contributed by atoms with Gasteiger partial charge in [-0.3, -0.25) is 0 Å². The fourth-order valence-corrected chi connectivity index (χ4v) is 3.23. The molecule has 0 radical (unpaired) electrons. The van der Waals surface area contributed by atoms with E-state index < -0.39 is 0 Å². The Morgan fingerprint density at radius 1 is 0.704 bits per heavy atom. The molecule has 2 aromatic rings. The summed E-state index contributed by atoms with van der Waals surface area (Å²) in [5.74, 6) is 2.33. The Hall–Kier alpha value is -2.36. The number of hydrogen-bond acceptors (Lipinski definition) is 4. The van der Waals surface area contributed by atoms with Crippen molar-refractivity contribution in [3.63, 3.8) is 0 Å². The first-order valence-corrected chi connectivity index (χ1v) is 9.75. The monoisotopic (exact) mass is 372 g/mol. The predicted octanol–water partition coefficient (Wildman–Crippen LogP) is 5.73. The van der Waals surface area contributed by atoms with Crippen LogP contribution in [0.15, 0.2) is 24.3 Å². The Kier molecular flexibility index (Phi) is 7.00. The van der Waals surface area contributed by atoms with Crippen LogP contribution in [0.3, 0.4) is 0 Å². The highest BCUT2D eigenvalue weighted by Crippen LogP contribution is 2.39. The van der Waals surface area contributed by atoms with Crippen LogP contribution in [0.2, 0.25) is 0 Å². The summed E-state index contributed by atoms with van der Waals surface area (Å²) in [5.41, 5.74) is 3.17. The zero-order valence-corrected chi connectivity index (χ0v) is 17.3. The molecule has 0 heterocycles. The molecule has 2 aromatic carbocycles. The van der Waals surface area contributed by atoms with Gasteiger partial charge in [-0.15, -0.1) is 0 Å². The van der Waals surface area contributed by atoms with Crippen molar-refractivity contribution in [3.8, 4) is 23.0 Å². The van der Waals surface area contributed by atoms with Gasteiger partial charge >= 0.3 is 0 Å². The molecule has 0 atom stereocenters. The van der Waals surface area contributed by atoms with Gasteiger partial charge in [-0.05, 0) is 49.9 Å². The lowest BCUT2D eigenvalue weighted by molar-refractivity contribution is 0.337. The Labute approximate surface area is 162 Å². The van der Waals surface area contributed by atoms with E-state index in [2.05, 4.69) is 0 Å². The molecular weight excluding hydrogens is 340 g/mol. The molecule has 0 bridgehead atoms. The van der Waals surface area contributed by atoms with Crippen molar-refractivity contribution in [2.75, 3.05) is 13.2 Å². The van der Waals surface area contributed by atoms with Crippen molar-refractivity contribution < 1.29 is 19.7 Å². The molecule has 0 spiro atoms. The quantitative estimate of drug-likeness (QED) is 0.621. The third-order valence-electron chi connectivity index (χ3n) is 4.63. The van der Waals surface area contributed by atoms with Crippen LogP contribution in [0.25, 0.3) is 0 Å². The van der Waals surface area contributed by atoms with Crippen LogP contribution >= 0.6 is 0 Å². The second-order valence-corrected chi connectivity index (χ2v) is 7.39. The van der Waals surface area contributed by atoms with Gasteiger partial charge in [0.2, 0.25) is 0 Å². The molecule has 148 valence electrons. The van der Waals surface area contributed by atoms with Crippen LogP contribution < -0.4 is 9.47 Å². The van der Waals surface area contributed by atoms with Gasteiger partial charge in [0.05, 0.1) is 13.2 Å². The van der Waals surface area contributed by atoms with E-state index in [1.165, 1.54) is 0 Å². The van der Waals surface area contributed by atoms with Crippen LogP contribution in [0, 0.1) is 0 Å². The summed E-state index contributed by atoms with van der Waals surface area (Å²) >= 11 is 0. The lowest BCUT2D eigenvalue weighted by atomic mass is 9.92. The van der Waals surface area contributed by atoms with E-state index in [0.29, 0.717) is 19.6 Å². The van der Waals surface area contributed by atoms with E-state index in [0.717, 1.165) is 33.8 Å². The Bertz CT molecular complexity index is 713. The van der Waals surface area contributed by atoms with Crippen LogP contribution in [0.1, 0.15) is 75.6 Å². The summed E-state index contributed by atoms with van der Waals surface area (Å²) in [4.78, 5) is 0. The average Bonchev–Trinajstić information content (AvgIpc) is 2.60. The van der Waals surface area contributed by atoms with Gasteiger partial charge < -0.3 is 19.7 Å². The van der Waals surface area contributed by atoms with Gasteiger partial charge in [0.15, 0.2) is 0 Å². The van der Waals surface area contributed by atoms with E-state index in [4.69, 9.17) is 9.47 Å². The van der Waals surface area contributed by atoms with Crippen LogP contribution in [0.5, 0.6) is 23.0 Å².